The van der Waals surface area contributed by atoms with E-state index in [1.165, 1.54) is 24.3 Å². The van der Waals surface area contributed by atoms with E-state index in [1.807, 2.05) is 0 Å². The Balaban J connectivity index is 0.000000433. The SMILES string of the molecule is CC(C)(O)C(C)(C)O.O=C(O)c1ccc(OB(O)O)cc1. The lowest BCUT2D eigenvalue weighted by atomic mass is 9.90. The maximum Gasteiger partial charge on any atom is 0.707 e. The first-order valence-electron chi connectivity index (χ1n) is 6.15. The van der Waals surface area contributed by atoms with Gasteiger partial charge in [-0.25, -0.2) is 4.79 Å². The minimum Gasteiger partial charge on any atom is -0.512 e. The lowest BCUT2D eigenvalue weighted by Crippen LogP contribution is -2.44. The normalized spacial score (nSPS) is 11.2. The van der Waals surface area contributed by atoms with Gasteiger partial charge in [-0.2, -0.15) is 0 Å². The molecule has 7 nitrogen and oxygen atoms in total. The highest BCUT2D eigenvalue weighted by molar-refractivity contribution is 6.33. The number of hydrogen-bond donors (Lipinski definition) is 5. The first-order chi connectivity index (χ1) is 9.34. The van der Waals surface area contributed by atoms with Crippen molar-refractivity contribution in [3.05, 3.63) is 29.8 Å². The Morgan fingerprint density at radius 2 is 1.38 bits per heavy atom. The summed E-state index contributed by atoms with van der Waals surface area (Å²) in [5, 5.41) is 43.5. The fraction of sp³-hybridized carbons (Fsp3) is 0.462. The maximum atomic E-state index is 10.4. The van der Waals surface area contributed by atoms with E-state index in [4.69, 9.17) is 25.4 Å². The molecule has 0 heterocycles. The number of aliphatic hydroxyl groups is 2. The van der Waals surface area contributed by atoms with Crippen LogP contribution < -0.4 is 4.65 Å². The molecule has 1 aromatic rings. The van der Waals surface area contributed by atoms with Gasteiger partial charge in [0.15, 0.2) is 0 Å². The number of benzene rings is 1. The molecule has 0 saturated carbocycles. The molecule has 0 unspecified atom stereocenters. The Labute approximate surface area is 123 Å². The Morgan fingerprint density at radius 1 is 1.00 bits per heavy atom. The lowest BCUT2D eigenvalue weighted by Gasteiger charge is -2.31. The quantitative estimate of drug-likeness (QED) is 0.505. The summed E-state index contributed by atoms with van der Waals surface area (Å²) in [4.78, 5) is 10.4. The van der Waals surface area contributed by atoms with Gasteiger partial charge in [-0.05, 0) is 52.0 Å². The third kappa shape index (κ3) is 7.67. The van der Waals surface area contributed by atoms with Gasteiger partial charge in [-0.3, -0.25) is 0 Å². The summed E-state index contributed by atoms with van der Waals surface area (Å²) in [6.45, 7) is 6.31. The molecular weight excluding hydrogens is 279 g/mol. The zero-order valence-corrected chi connectivity index (χ0v) is 12.4. The molecule has 8 heteroatoms. The molecule has 0 aliphatic rings. The predicted octanol–water partition coefficient (Wildman–Crippen LogP) is 0.261. The van der Waals surface area contributed by atoms with Gasteiger partial charge in [0.25, 0.3) is 0 Å². The van der Waals surface area contributed by atoms with Crippen molar-refractivity contribution in [3.8, 4) is 5.75 Å². The summed E-state index contributed by atoms with van der Waals surface area (Å²) in [6.07, 6.45) is 0. The maximum absolute atomic E-state index is 10.4. The van der Waals surface area contributed by atoms with E-state index in [2.05, 4.69) is 4.65 Å². The van der Waals surface area contributed by atoms with Crippen molar-refractivity contribution in [1.82, 2.24) is 0 Å². The third-order valence-corrected chi connectivity index (χ3v) is 2.84. The average molecular weight is 300 g/mol. The molecule has 0 spiro atoms. The summed E-state index contributed by atoms with van der Waals surface area (Å²) >= 11 is 0. The monoisotopic (exact) mass is 300 g/mol. The van der Waals surface area contributed by atoms with Crippen LogP contribution in [0.15, 0.2) is 24.3 Å². The van der Waals surface area contributed by atoms with Gasteiger partial charge < -0.3 is 30.0 Å². The molecule has 0 aromatic heterocycles. The minimum atomic E-state index is -1.89. The van der Waals surface area contributed by atoms with Crippen molar-refractivity contribution in [2.45, 2.75) is 38.9 Å². The fourth-order valence-corrected chi connectivity index (χ4v) is 0.798. The zero-order chi connectivity index (χ0) is 16.8. The minimum absolute atomic E-state index is 0.111. The van der Waals surface area contributed by atoms with E-state index < -0.39 is 24.5 Å². The summed E-state index contributed by atoms with van der Waals surface area (Å²) < 4.78 is 4.47. The molecule has 21 heavy (non-hydrogen) atoms. The molecule has 1 rings (SSSR count). The van der Waals surface area contributed by atoms with Crippen molar-refractivity contribution in [2.75, 3.05) is 0 Å². The van der Waals surface area contributed by atoms with Gasteiger partial charge in [0.1, 0.15) is 5.75 Å². The van der Waals surface area contributed by atoms with Crippen LogP contribution in [0.1, 0.15) is 38.1 Å². The van der Waals surface area contributed by atoms with Gasteiger partial charge in [-0.1, -0.05) is 0 Å². The molecular formula is C13H21BO7. The van der Waals surface area contributed by atoms with Crippen LogP contribution in [0, 0.1) is 0 Å². The van der Waals surface area contributed by atoms with E-state index in [9.17, 15) is 4.79 Å². The summed E-state index contributed by atoms with van der Waals surface area (Å²) in [5.74, 6) is -0.851. The Morgan fingerprint density at radius 3 is 1.62 bits per heavy atom. The molecule has 0 saturated heterocycles. The fourth-order valence-electron chi connectivity index (χ4n) is 0.798. The van der Waals surface area contributed by atoms with Crippen LogP contribution in [0.3, 0.4) is 0 Å². The largest absolute Gasteiger partial charge is 0.707 e. The number of carbonyl (C=O) groups is 1. The summed E-state index contributed by atoms with van der Waals surface area (Å²) in [7, 11) is -1.89. The number of carboxylic acids is 1. The highest BCUT2D eigenvalue weighted by Crippen LogP contribution is 2.19. The molecule has 0 aliphatic heterocycles. The van der Waals surface area contributed by atoms with E-state index in [0.717, 1.165) is 0 Å². The van der Waals surface area contributed by atoms with Crippen molar-refractivity contribution < 1.29 is 34.8 Å². The van der Waals surface area contributed by atoms with E-state index >= 15 is 0 Å². The number of rotatable bonds is 4. The topological polar surface area (TPSA) is 127 Å². The van der Waals surface area contributed by atoms with Gasteiger partial charge in [-0.15, -0.1) is 0 Å². The highest BCUT2D eigenvalue weighted by atomic mass is 16.6. The third-order valence-electron chi connectivity index (χ3n) is 2.84. The van der Waals surface area contributed by atoms with Crippen LogP contribution in [0.2, 0.25) is 0 Å². The molecule has 118 valence electrons. The van der Waals surface area contributed by atoms with Crippen LogP contribution in [0.4, 0.5) is 0 Å². The number of carboxylic acid groups (broad SMARTS) is 1. The first kappa shape index (κ1) is 19.4. The van der Waals surface area contributed by atoms with Gasteiger partial charge >= 0.3 is 13.3 Å². The second-order valence-corrected chi connectivity index (χ2v) is 5.39. The number of hydrogen-bond acceptors (Lipinski definition) is 6. The Kier molecular flexibility index (Phi) is 6.85. The predicted molar refractivity (Wildman–Crippen MR) is 76.8 cm³/mol. The average Bonchev–Trinajstić information content (AvgIpc) is 2.26. The Bertz CT molecular complexity index is 431. The molecule has 0 bridgehead atoms. The van der Waals surface area contributed by atoms with Crippen LogP contribution >= 0.6 is 0 Å². The van der Waals surface area contributed by atoms with Gasteiger partial charge in [0.2, 0.25) is 0 Å². The molecule has 0 atom stereocenters. The smallest absolute Gasteiger partial charge is 0.512 e. The zero-order valence-electron chi connectivity index (χ0n) is 12.4. The Hall–Kier alpha value is -1.61. The molecule has 1 aromatic carbocycles. The van der Waals surface area contributed by atoms with Crippen LogP contribution in [-0.4, -0.2) is 49.9 Å². The van der Waals surface area contributed by atoms with Crippen molar-refractivity contribution in [3.63, 3.8) is 0 Å². The molecule has 5 N–H and O–H groups in total. The molecule has 0 fully saturated rings. The van der Waals surface area contributed by atoms with Crippen LogP contribution in [0.25, 0.3) is 0 Å². The standard InChI is InChI=1S/C7H7BO5.C6H14O2/c9-7(10)5-1-3-6(4-2-5)13-8(11)12;1-5(2,7)6(3,4)8/h1-4,11-12H,(H,9,10);7-8H,1-4H3. The lowest BCUT2D eigenvalue weighted by molar-refractivity contribution is -0.107. The van der Waals surface area contributed by atoms with Crippen molar-refractivity contribution in [2.24, 2.45) is 0 Å². The summed E-state index contributed by atoms with van der Waals surface area (Å²) in [6, 6.07) is 5.28. The summed E-state index contributed by atoms with van der Waals surface area (Å²) in [5.41, 5.74) is -1.90. The molecule has 0 aliphatic carbocycles. The highest BCUT2D eigenvalue weighted by Gasteiger charge is 2.31. The second-order valence-electron chi connectivity index (χ2n) is 5.39. The van der Waals surface area contributed by atoms with Crippen LogP contribution in [-0.2, 0) is 0 Å². The first-order valence-corrected chi connectivity index (χ1v) is 6.15. The van der Waals surface area contributed by atoms with Gasteiger partial charge in [0.05, 0.1) is 16.8 Å². The number of aromatic carboxylic acids is 1. The second kappa shape index (κ2) is 7.42. The van der Waals surface area contributed by atoms with Crippen molar-refractivity contribution in [1.29, 1.82) is 0 Å². The van der Waals surface area contributed by atoms with E-state index in [-0.39, 0.29) is 11.3 Å². The molecule has 0 radical (unpaired) electrons. The van der Waals surface area contributed by atoms with Crippen molar-refractivity contribution >= 4 is 13.3 Å². The van der Waals surface area contributed by atoms with E-state index in [1.54, 1.807) is 27.7 Å². The van der Waals surface area contributed by atoms with E-state index in [0.29, 0.717) is 0 Å². The molecule has 0 amide bonds. The van der Waals surface area contributed by atoms with Crippen LogP contribution in [0.5, 0.6) is 5.75 Å². The van der Waals surface area contributed by atoms with Gasteiger partial charge in [0, 0.05) is 0 Å².